The Morgan fingerprint density at radius 1 is 1.29 bits per heavy atom. The number of pyridine rings is 1. The van der Waals surface area contributed by atoms with E-state index in [0.29, 0.717) is 32.2 Å². The number of furan rings is 1. The van der Waals surface area contributed by atoms with Gasteiger partial charge < -0.3 is 19.5 Å². The lowest BCUT2D eigenvalue weighted by Crippen LogP contribution is -2.48. The normalized spacial score (nSPS) is 14.7. The van der Waals surface area contributed by atoms with Crippen molar-refractivity contribution in [2.75, 3.05) is 36.4 Å². The molecule has 1 N–H and O–H groups in total. The van der Waals surface area contributed by atoms with Gasteiger partial charge in [-0.1, -0.05) is 0 Å². The third kappa shape index (κ3) is 4.67. The van der Waals surface area contributed by atoms with Gasteiger partial charge in [-0.3, -0.25) is 14.9 Å². The van der Waals surface area contributed by atoms with E-state index in [-0.39, 0.29) is 17.6 Å². The van der Waals surface area contributed by atoms with Gasteiger partial charge in [-0.05, 0) is 38.1 Å². The second-order valence-electron chi connectivity index (χ2n) is 6.75. The quantitative estimate of drug-likeness (QED) is 0.463. The number of nitro groups is 1. The monoisotopic (exact) mass is 385 g/mol. The summed E-state index contributed by atoms with van der Waals surface area (Å²) in [6, 6.07) is 6.93. The summed E-state index contributed by atoms with van der Waals surface area (Å²) >= 11 is 0. The van der Waals surface area contributed by atoms with Gasteiger partial charge in [-0.25, -0.2) is 4.98 Å². The molecule has 1 aliphatic rings. The van der Waals surface area contributed by atoms with E-state index in [4.69, 9.17) is 4.42 Å². The summed E-state index contributed by atoms with van der Waals surface area (Å²) in [4.78, 5) is 30.8. The van der Waals surface area contributed by atoms with Crippen LogP contribution in [-0.4, -0.2) is 52.9 Å². The van der Waals surface area contributed by atoms with Crippen molar-refractivity contribution in [2.24, 2.45) is 0 Å². The Kier molecular flexibility index (Phi) is 5.93. The van der Waals surface area contributed by atoms with Crippen LogP contribution in [0, 0.1) is 10.1 Å². The topological polar surface area (TPSA) is 105 Å². The molecule has 28 heavy (non-hydrogen) atoms. The van der Waals surface area contributed by atoms with E-state index in [9.17, 15) is 14.9 Å². The number of carbonyl (C=O) groups excluding carboxylic acids is 1. The minimum Gasteiger partial charge on any atom is -0.401 e. The van der Waals surface area contributed by atoms with Crippen molar-refractivity contribution < 1.29 is 14.1 Å². The second-order valence-corrected chi connectivity index (χ2v) is 6.75. The van der Waals surface area contributed by atoms with Gasteiger partial charge in [0, 0.05) is 44.5 Å². The standard InChI is InChI=1S/C19H23N5O4/c1-14(2)21-16-4-3-9-20-19(16)23-12-10-22(11-13-23)17(25)7-5-15-6-8-18(28-15)24(26)27/h3-9,14,21H,10-13H2,1-2H3/b7-5+. The van der Waals surface area contributed by atoms with Gasteiger partial charge in [0.25, 0.3) is 0 Å². The van der Waals surface area contributed by atoms with Gasteiger partial charge in [0.15, 0.2) is 5.82 Å². The molecule has 0 aliphatic carbocycles. The molecule has 3 rings (SSSR count). The lowest BCUT2D eigenvalue weighted by atomic mass is 10.2. The van der Waals surface area contributed by atoms with Gasteiger partial charge in [-0.2, -0.15) is 0 Å². The van der Waals surface area contributed by atoms with Crippen LogP contribution >= 0.6 is 0 Å². The van der Waals surface area contributed by atoms with Crippen molar-refractivity contribution in [3.63, 3.8) is 0 Å². The molecule has 148 valence electrons. The van der Waals surface area contributed by atoms with Gasteiger partial charge in [0.1, 0.15) is 10.7 Å². The Morgan fingerprint density at radius 2 is 2.04 bits per heavy atom. The van der Waals surface area contributed by atoms with Gasteiger partial charge >= 0.3 is 5.88 Å². The van der Waals surface area contributed by atoms with Crippen molar-refractivity contribution >= 4 is 29.4 Å². The van der Waals surface area contributed by atoms with Crippen molar-refractivity contribution in [3.05, 3.63) is 52.4 Å². The van der Waals surface area contributed by atoms with Crippen LogP contribution in [0.25, 0.3) is 6.08 Å². The molecule has 2 aromatic heterocycles. The third-order valence-corrected chi connectivity index (χ3v) is 4.30. The number of carbonyl (C=O) groups is 1. The minimum absolute atomic E-state index is 0.153. The fraction of sp³-hybridized carbons (Fsp3) is 0.368. The highest BCUT2D eigenvalue weighted by atomic mass is 16.6. The van der Waals surface area contributed by atoms with Crippen LogP contribution in [0.2, 0.25) is 0 Å². The van der Waals surface area contributed by atoms with E-state index in [1.165, 1.54) is 24.3 Å². The molecular weight excluding hydrogens is 362 g/mol. The molecule has 1 amide bonds. The third-order valence-electron chi connectivity index (χ3n) is 4.30. The molecule has 0 radical (unpaired) electrons. The first-order valence-electron chi connectivity index (χ1n) is 9.12. The Hall–Kier alpha value is -3.36. The molecular formula is C19H23N5O4. The van der Waals surface area contributed by atoms with Gasteiger partial charge in [-0.15, -0.1) is 0 Å². The molecule has 0 saturated carbocycles. The molecule has 0 aromatic carbocycles. The van der Waals surface area contributed by atoms with E-state index >= 15 is 0 Å². The first-order valence-corrected chi connectivity index (χ1v) is 9.12. The average Bonchev–Trinajstić information content (AvgIpc) is 3.16. The molecule has 2 aromatic rings. The Balaban J connectivity index is 1.58. The van der Waals surface area contributed by atoms with Crippen LogP contribution in [0.1, 0.15) is 19.6 Å². The van der Waals surface area contributed by atoms with Crippen molar-refractivity contribution in [3.8, 4) is 0 Å². The Labute approximate surface area is 162 Å². The fourth-order valence-electron chi connectivity index (χ4n) is 3.00. The average molecular weight is 385 g/mol. The number of nitrogens with one attached hydrogen (secondary N) is 1. The van der Waals surface area contributed by atoms with Crippen LogP contribution in [-0.2, 0) is 4.79 Å². The largest absolute Gasteiger partial charge is 0.433 e. The van der Waals surface area contributed by atoms with Crippen LogP contribution < -0.4 is 10.2 Å². The molecule has 1 fully saturated rings. The number of anilines is 2. The Bertz CT molecular complexity index is 869. The summed E-state index contributed by atoms with van der Waals surface area (Å²) in [5, 5.41) is 14.0. The zero-order valence-corrected chi connectivity index (χ0v) is 15.9. The summed E-state index contributed by atoms with van der Waals surface area (Å²) < 4.78 is 5.02. The van der Waals surface area contributed by atoms with Crippen LogP contribution in [0.3, 0.4) is 0 Å². The molecule has 0 bridgehead atoms. The fourth-order valence-corrected chi connectivity index (χ4v) is 3.00. The molecule has 0 unspecified atom stereocenters. The minimum atomic E-state index is -0.613. The van der Waals surface area contributed by atoms with Gasteiger partial charge in [0.2, 0.25) is 5.91 Å². The number of rotatable bonds is 6. The number of aromatic nitrogens is 1. The number of hydrogen-bond acceptors (Lipinski definition) is 7. The highest BCUT2D eigenvalue weighted by Gasteiger charge is 2.22. The highest BCUT2D eigenvalue weighted by molar-refractivity contribution is 5.91. The lowest BCUT2D eigenvalue weighted by molar-refractivity contribution is -0.402. The smallest absolute Gasteiger partial charge is 0.401 e. The summed E-state index contributed by atoms with van der Waals surface area (Å²) in [6.45, 7) is 6.64. The predicted octanol–water partition coefficient (Wildman–Crippen LogP) is 2.77. The molecule has 9 nitrogen and oxygen atoms in total. The summed E-state index contributed by atoms with van der Waals surface area (Å²) in [7, 11) is 0. The molecule has 1 saturated heterocycles. The lowest BCUT2D eigenvalue weighted by Gasteiger charge is -2.36. The molecule has 3 heterocycles. The SMILES string of the molecule is CC(C)Nc1cccnc1N1CCN(C(=O)/C=C/c2ccc([N+](=O)[O-])o2)CC1. The molecule has 9 heteroatoms. The van der Waals surface area contributed by atoms with Crippen molar-refractivity contribution in [1.82, 2.24) is 9.88 Å². The summed E-state index contributed by atoms with van der Waals surface area (Å²) in [5.41, 5.74) is 0.983. The second kappa shape index (κ2) is 8.55. The van der Waals surface area contributed by atoms with E-state index < -0.39 is 4.92 Å². The number of piperazine rings is 1. The van der Waals surface area contributed by atoms with E-state index in [2.05, 4.69) is 29.0 Å². The maximum atomic E-state index is 12.4. The van der Waals surface area contributed by atoms with Gasteiger partial charge in [0.05, 0.1) is 11.8 Å². The Morgan fingerprint density at radius 3 is 2.68 bits per heavy atom. The maximum Gasteiger partial charge on any atom is 0.433 e. The van der Waals surface area contributed by atoms with Crippen LogP contribution in [0.5, 0.6) is 0 Å². The predicted molar refractivity (Wildman–Crippen MR) is 106 cm³/mol. The molecule has 0 atom stereocenters. The molecule has 0 spiro atoms. The van der Waals surface area contributed by atoms with Crippen molar-refractivity contribution in [1.29, 1.82) is 0 Å². The highest BCUT2D eigenvalue weighted by Crippen LogP contribution is 2.24. The first kappa shape index (κ1) is 19.4. The maximum absolute atomic E-state index is 12.4. The van der Waals surface area contributed by atoms with E-state index in [1.807, 2.05) is 12.1 Å². The number of amides is 1. The van der Waals surface area contributed by atoms with Crippen molar-refractivity contribution in [2.45, 2.75) is 19.9 Å². The number of nitrogens with zero attached hydrogens (tertiary/aromatic N) is 4. The zero-order valence-electron chi connectivity index (χ0n) is 15.9. The van der Waals surface area contributed by atoms with Crippen LogP contribution in [0.4, 0.5) is 17.4 Å². The zero-order chi connectivity index (χ0) is 20.1. The molecule has 1 aliphatic heterocycles. The number of hydrogen-bond donors (Lipinski definition) is 1. The summed E-state index contributed by atoms with van der Waals surface area (Å²) in [6.07, 6.45) is 4.60. The van der Waals surface area contributed by atoms with Crippen LogP contribution in [0.15, 0.2) is 41.0 Å². The summed E-state index contributed by atoms with van der Waals surface area (Å²) in [5.74, 6) is 0.667. The van der Waals surface area contributed by atoms with E-state index in [1.54, 1.807) is 11.1 Å². The van der Waals surface area contributed by atoms with E-state index in [0.717, 1.165) is 11.5 Å². The first-order chi connectivity index (χ1) is 13.4.